The summed E-state index contributed by atoms with van der Waals surface area (Å²) in [5, 5.41) is 5.86. The molecular weight excluding hydrogens is 346 g/mol. The lowest BCUT2D eigenvalue weighted by molar-refractivity contribution is -0.116. The second kappa shape index (κ2) is 10.7. The molecule has 2 aromatic rings. The zero-order valence-electron chi connectivity index (χ0n) is 15.5. The predicted octanol–water partition coefficient (Wildman–Crippen LogP) is 1.88. The number of rotatable bonds is 10. The van der Waals surface area contributed by atoms with Crippen molar-refractivity contribution in [2.24, 2.45) is 5.73 Å². The fourth-order valence-electron chi connectivity index (χ4n) is 2.27. The molecule has 0 saturated heterocycles. The Bertz CT molecular complexity index is 743. The van der Waals surface area contributed by atoms with Crippen LogP contribution in [0.25, 0.3) is 0 Å². The number of nitrogens with two attached hydrogens (primary N) is 1. The van der Waals surface area contributed by atoms with Crippen molar-refractivity contribution in [1.82, 2.24) is 10.6 Å². The summed E-state index contributed by atoms with van der Waals surface area (Å²) in [6.45, 7) is 0.850. The highest BCUT2D eigenvalue weighted by Gasteiger charge is 2.04. The molecule has 0 heterocycles. The fraction of sp³-hybridized carbons (Fsp3) is 0.250. The van der Waals surface area contributed by atoms with Crippen molar-refractivity contribution in [3.8, 4) is 11.5 Å². The number of ether oxygens (including phenoxy) is 3. The molecule has 0 radical (unpaired) electrons. The van der Waals surface area contributed by atoms with Gasteiger partial charge in [0, 0.05) is 13.1 Å². The zero-order valence-corrected chi connectivity index (χ0v) is 15.5. The van der Waals surface area contributed by atoms with Crippen LogP contribution >= 0.6 is 0 Å². The molecule has 0 spiro atoms. The van der Waals surface area contributed by atoms with E-state index in [1.807, 2.05) is 48.5 Å². The van der Waals surface area contributed by atoms with E-state index in [1.54, 1.807) is 14.2 Å². The molecule has 0 aliphatic carbocycles. The van der Waals surface area contributed by atoms with Gasteiger partial charge in [0.15, 0.2) is 5.88 Å². The summed E-state index contributed by atoms with van der Waals surface area (Å²) >= 11 is 0. The number of hydrogen-bond donors (Lipinski definition) is 3. The van der Waals surface area contributed by atoms with Crippen LogP contribution in [0.3, 0.4) is 0 Å². The molecule has 0 bridgehead atoms. The third kappa shape index (κ3) is 6.91. The van der Waals surface area contributed by atoms with Crippen LogP contribution in [0, 0.1) is 0 Å². The molecule has 0 saturated carbocycles. The maximum atomic E-state index is 12.1. The molecule has 7 nitrogen and oxygen atoms in total. The molecule has 27 heavy (non-hydrogen) atoms. The monoisotopic (exact) mass is 371 g/mol. The molecule has 0 atom stereocenters. The summed E-state index contributed by atoms with van der Waals surface area (Å²) in [5.74, 6) is 1.58. The molecule has 2 rings (SSSR count). The van der Waals surface area contributed by atoms with Crippen molar-refractivity contribution in [2.45, 2.75) is 13.1 Å². The van der Waals surface area contributed by atoms with Crippen LogP contribution in [0.1, 0.15) is 11.1 Å². The Morgan fingerprint density at radius 3 is 1.81 bits per heavy atom. The molecule has 1 amide bonds. The van der Waals surface area contributed by atoms with E-state index in [-0.39, 0.29) is 12.6 Å². The van der Waals surface area contributed by atoms with Crippen LogP contribution in [0.2, 0.25) is 0 Å². The first-order valence-electron chi connectivity index (χ1n) is 8.46. The third-order valence-corrected chi connectivity index (χ3v) is 3.75. The Morgan fingerprint density at radius 2 is 1.37 bits per heavy atom. The highest BCUT2D eigenvalue weighted by atomic mass is 16.5. The Kier molecular flexibility index (Phi) is 7.99. The van der Waals surface area contributed by atoms with Gasteiger partial charge in [-0.15, -0.1) is 0 Å². The maximum absolute atomic E-state index is 12.1. The molecule has 0 aliphatic heterocycles. The molecule has 2 aromatic carbocycles. The molecule has 0 unspecified atom stereocenters. The number of nitrogens with one attached hydrogen (secondary N) is 2. The number of amides is 1. The van der Waals surface area contributed by atoms with Crippen LogP contribution in [0.5, 0.6) is 11.5 Å². The van der Waals surface area contributed by atoms with Crippen molar-refractivity contribution >= 4 is 5.91 Å². The van der Waals surface area contributed by atoms with E-state index in [1.165, 1.54) is 6.08 Å². The van der Waals surface area contributed by atoms with Gasteiger partial charge in [-0.05, 0) is 35.4 Å². The lowest BCUT2D eigenvalue weighted by Gasteiger charge is -2.12. The molecule has 0 aromatic heterocycles. The molecule has 0 aliphatic rings. The average Bonchev–Trinajstić information content (AvgIpc) is 2.71. The van der Waals surface area contributed by atoms with Gasteiger partial charge in [0.2, 0.25) is 5.91 Å². The number of benzene rings is 2. The van der Waals surface area contributed by atoms with E-state index in [0.717, 1.165) is 22.6 Å². The minimum absolute atomic E-state index is 0.0345. The summed E-state index contributed by atoms with van der Waals surface area (Å²) in [7, 11) is 3.23. The van der Waals surface area contributed by atoms with Crippen LogP contribution in [0.4, 0.5) is 0 Å². The standard InChI is InChI=1S/C20H25N3O4/c1-25-17-7-3-15(4-8-17)12-22-19(24)11-20(27-14-21)23-13-16-5-9-18(26-2)10-6-16/h3-11,23H,12-14,21H2,1-2H3,(H,22,24)/b20-11+. The largest absolute Gasteiger partial charge is 0.497 e. The highest BCUT2D eigenvalue weighted by Crippen LogP contribution is 2.12. The lowest BCUT2D eigenvalue weighted by Crippen LogP contribution is -2.25. The maximum Gasteiger partial charge on any atom is 0.249 e. The van der Waals surface area contributed by atoms with E-state index >= 15 is 0 Å². The molecule has 4 N–H and O–H groups in total. The second-order valence-electron chi connectivity index (χ2n) is 5.59. The minimum Gasteiger partial charge on any atom is -0.497 e. The normalized spacial score (nSPS) is 10.9. The van der Waals surface area contributed by atoms with Crippen molar-refractivity contribution < 1.29 is 19.0 Å². The zero-order chi connectivity index (χ0) is 19.5. The van der Waals surface area contributed by atoms with Gasteiger partial charge in [0.1, 0.15) is 18.2 Å². The molecule has 144 valence electrons. The summed E-state index contributed by atoms with van der Waals surface area (Å²) in [4.78, 5) is 12.1. The highest BCUT2D eigenvalue weighted by molar-refractivity contribution is 5.87. The first-order valence-corrected chi connectivity index (χ1v) is 8.46. The van der Waals surface area contributed by atoms with Gasteiger partial charge in [-0.1, -0.05) is 24.3 Å². The summed E-state index contributed by atoms with van der Waals surface area (Å²) in [6.07, 6.45) is 1.35. The minimum atomic E-state index is -0.281. The second-order valence-corrected chi connectivity index (χ2v) is 5.59. The molecular formula is C20H25N3O4. The summed E-state index contributed by atoms with van der Waals surface area (Å²) in [5.41, 5.74) is 7.42. The lowest BCUT2D eigenvalue weighted by atomic mass is 10.2. The molecule has 7 heteroatoms. The topological polar surface area (TPSA) is 94.8 Å². The SMILES string of the molecule is COc1ccc(CNC(=O)/C=C(\NCc2ccc(OC)cc2)OCN)cc1. The van der Waals surface area contributed by atoms with Gasteiger partial charge in [-0.3, -0.25) is 10.5 Å². The van der Waals surface area contributed by atoms with Gasteiger partial charge in [0.25, 0.3) is 0 Å². The Balaban J connectivity index is 1.88. The van der Waals surface area contributed by atoms with Gasteiger partial charge in [0.05, 0.1) is 20.3 Å². The predicted molar refractivity (Wildman–Crippen MR) is 103 cm³/mol. The third-order valence-electron chi connectivity index (χ3n) is 3.75. The Morgan fingerprint density at radius 1 is 0.889 bits per heavy atom. The molecule has 0 fully saturated rings. The van der Waals surface area contributed by atoms with Crippen molar-refractivity contribution in [2.75, 3.05) is 21.0 Å². The van der Waals surface area contributed by atoms with Crippen LogP contribution in [0.15, 0.2) is 60.5 Å². The summed E-state index contributed by atoms with van der Waals surface area (Å²) in [6, 6.07) is 15.1. The van der Waals surface area contributed by atoms with Gasteiger partial charge in [-0.2, -0.15) is 0 Å². The van der Waals surface area contributed by atoms with E-state index in [9.17, 15) is 4.79 Å². The van der Waals surface area contributed by atoms with Gasteiger partial charge < -0.3 is 24.8 Å². The Hall–Kier alpha value is -3.19. The fourth-order valence-corrected chi connectivity index (χ4v) is 2.27. The van der Waals surface area contributed by atoms with E-state index < -0.39 is 0 Å². The van der Waals surface area contributed by atoms with Crippen molar-refractivity contribution in [3.05, 3.63) is 71.6 Å². The number of hydrogen-bond acceptors (Lipinski definition) is 6. The number of carbonyl (C=O) groups excluding carboxylic acids is 1. The van der Waals surface area contributed by atoms with Gasteiger partial charge >= 0.3 is 0 Å². The van der Waals surface area contributed by atoms with Gasteiger partial charge in [-0.25, -0.2) is 0 Å². The number of methoxy groups -OCH3 is 2. The van der Waals surface area contributed by atoms with E-state index in [2.05, 4.69) is 10.6 Å². The number of carbonyl (C=O) groups is 1. The van der Waals surface area contributed by atoms with Crippen LogP contribution in [-0.4, -0.2) is 26.9 Å². The smallest absolute Gasteiger partial charge is 0.249 e. The summed E-state index contributed by atoms with van der Waals surface area (Å²) < 4.78 is 15.5. The van der Waals surface area contributed by atoms with Crippen LogP contribution in [-0.2, 0) is 22.6 Å². The van der Waals surface area contributed by atoms with Crippen molar-refractivity contribution in [3.63, 3.8) is 0 Å². The van der Waals surface area contributed by atoms with E-state index in [0.29, 0.717) is 19.0 Å². The first kappa shape index (κ1) is 20.1. The average molecular weight is 371 g/mol. The van der Waals surface area contributed by atoms with Crippen molar-refractivity contribution in [1.29, 1.82) is 0 Å². The quantitative estimate of drug-likeness (QED) is 0.335. The van der Waals surface area contributed by atoms with Crippen LogP contribution < -0.4 is 25.8 Å². The first-order chi connectivity index (χ1) is 13.1. The Labute approximate surface area is 159 Å². The van der Waals surface area contributed by atoms with E-state index in [4.69, 9.17) is 19.9 Å².